The van der Waals surface area contributed by atoms with Crippen molar-refractivity contribution in [1.29, 1.82) is 0 Å². The van der Waals surface area contributed by atoms with Gasteiger partial charge in [-0.25, -0.2) is 14.0 Å². The second-order valence-corrected chi connectivity index (χ2v) is 9.82. The summed E-state index contributed by atoms with van der Waals surface area (Å²) in [5.41, 5.74) is -4.22. The van der Waals surface area contributed by atoms with Crippen molar-refractivity contribution in [3.05, 3.63) is 65.0 Å². The number of alkyl halides is 6. The predicted molar refractivity (Wildman–Crippen MR) is 120 cm³/mol. The summed E-state index contributed by atoms with van der Waals surface area (Å²) in [6.45, 7) is 5.07. The van der Waals surface area contributed by atoms with Gasteiger partial charge in [0.1, 0.15) is 5.82 Å². The van der Waals surface area contributed by atoms with Gasteiger partial charge < -0.3 is 20.6 Å². The van der Waals surface area contributed by atoms with Crippen molar-refractivity contribution in [2.45, 2.75) is 51.1 Å². The summed E-state index contributed by atoms with van der Waals surface area (Å²) < 4.78 is 92.6. The number of carbonyl (C=O) groups excluding carboxylic acids is 1. The minimum atomic E-state index is -5.10. The van der Waals surface area contributed by atoms with E-state index in [9.17, 15) is 45.4 Å². The van der Waals surface area contributed by atoms with Crippen LogP contribution in [0.2, 0.25) is 0 Å². The van der Waals surface area contributed by atoms with E-state index in [-0.39, 0.29) is 12.6 Å². The van der Waals surface area contributed by atoms with Crippen LogP contribution in [-0.4, -0.2) is 40.8 Å². The summed E-state index contributed by atoms with van der Waals surface area (Å²) in [4.78, 5) is 26.0. The first-order valence-electron chi connectivity index (χ1n) is 11.0. The zero-order chi connectivity index (χ0) is 27.9. The number of anilines is 1. The normalized spacial score (nSPS) is 20.6. The summed E-state index contributed by atoms with van der Waals surface area (Å²) in [6.07, 6.45) is -11.5. The van der Waals surface area contributed by atoms with E-state index in [1.165, 1.54) is 12.1 Å². The van der Waals surface area contributed by atoms with Gasteiger partial charge in [0, 0.05) is 18.2 Å². The Morgan fingerprint density at radius 3 is 1.86 bits per heavy atom. The van der Waals surface area contributed by atoms with Crippen LogP contribution in [0.3, 0.4) is 0 Å². The molecule has 3 rings (SSSR count). The smallest absolute Gasteiger partial charge is 0.416 e. The second kappa shape index (κ2) is 9.75. The highest BCUT2D eigenvalue weighted by Gasteiger charge is 2.50. The third kappa shape index (κ3) is 6.44. The highest BCUT2D eigenvalue weighted by atomic mass is 19.4. The molecule has 6 nitrogen and oxygen atoms in total. The number of hydrogen-bond donors (Lipinski definition) is 3. The molecule has 3 N–H and O–H groups in total. The fraction of sp³-hybridized carbons (Fsp3) is 0.417. The fourth-order valence-corrected chi connectivity index (χ4v) is 4.60. The predicted octanol–water partition coefficient (Wildman–Crippen LogP) is 6.55. The van der Waals surface area contributed by atoms with E-state index in [1.807, 2.05) is 5.32 Å². The van der Waals surface area contributed by atoms with Crippen LogP contribution in [0.1, 0.15) is 43.4 Å². The molecule has 1 aliphatic heterocycles. The Morgan fingerprint density at radius 2 is 1.43 bits per heavy atom. The van der Waals surface area contributed by atoms with Crippen LogP contribution in [0.5, 0.6) is 0 Å². The minimum absolute atomic E-state index is 0.0645. The Kier molecular flexibility index (Phi) is 7.39. The van der Waals surface area contributed by atoms with E-state index in [1.54, 1.807) is 20.8 Å². The van der Waals surface area contributed by atoms with Crippen LogP contribution in [0, 0.1) is 11.2 Å². The average molecular weight is 535 g/mol. The SMILES string of the molecule is CC(C)(C)C1[C@H](NC(=O)Nc2cc(C(F)(F)F)cc(C(F)(F)F)c2)[C@@H](c2ccc(F)cc2)CN1C(=O)O. The molecule has 3 atom stereocenters. The maximum atomic E-state index is 13.5. The monoisotopic (exact) mass is 535 g/mol. The third-order valence-corrected chi connectivity index (χ3v) is 6.08. The molecule has 2 aromatic rings. The molecule has 202 valence electrons. The molecule has 37 heavy (non-hydrogen) atoms. The first-order chi connectivity index (χ1) is 16.9. The van der Waals surface area contributed by atoms with Crippen LogP contribution in [0.15, 0.2) is 42.5 Å². The number of hydrogen-bond acceptors (Lipinski definition) is 2. The lowest BCUT2D eigenvalue weighted by Gasteiger charge is -2.37. The summed E-state index contributed by atoms with van der Waals surface area (Å²) in [7, 11) is 0. The molecule has 3 amide bonds. The van der Waals surface area contributed by atoms with E-state index in [0.717, 1.165) is 17.0 Å². The van der Waals surface area contributed by atoms with Gasteiger partial charge in [0.25, 0.3) is 0 Å². The van der Waals surface area contributed by atoms with Crippen molar-refractivity contribution in [2.75, 3.05) is 11.9 Å². The van der Waals surface area contributed by atoms with E-state index in [0.29, 0.717) is 17.7 Å². The zero-order valence-electron chi connectivity index (χ0n) is 19.8. The number of benzene rings is 2. The first-order valence-corrected chi connectivity index (χ1v) is 11.0. The number of amides is 3. The third-order valence-electron chi connectivity index (χ3n) is 6.08. The van der Waals surface area contributed by atoms with Crippen molar-refractivity contribution in [2.24, 2.45) is 5.41 Å². The van der Waals surface area contributed by atoms with E-state index in [2.05, 4.69) is 5.32 Å². The number of carboxylic acid groups (broad SMARTS) is 1. The molecular weight excluding hydrogens is 511 g/mol. The maximum absolute atomic E-state index is 13.5. The highest BCUT2D eigenvalue weighted by molar-refractivity contribution is 5.90. The van der Waals surface area contributed by atoms with Crippen LogP contribution >= 0.6 is 0 Å². The van der Waals surface area contributed by atoms with E-state index >= 15 is 0 Å². The van der Waals surface area contributed by atoms with E-state index < -0.39 is 70.5 Å². The summed E-state index contributed by atoms with van der Waals surface area (Å²) in [6, 6.07) is 2.90. The summed E-state index contributed by atoms with van der Waals surface area (Å²) >= 11 is 0. The van der Waals surface area contributed by atoms with Gasteiger partial charge in [-0.2, -0.15) is 26.3 Å². The Balaban J connectivity index is 1.97. The second-order valence-electron chi connectivity index (χ2n) is 9.82. The molecule has 13 heteroatoms. The highest BCUT2D eigenvalue weighted by Crippen LogP contribution is 2.41. The Bertz CT molecular complexity index is 1130. The maximum Gasteiger partial charge on any atom is 0.416 e. The molecule has 0 spiro atoms. The van der Waals surface area contributed by atoms with Crippen molar-refractivity contribution >= 4 is 17.8 Å². The van der Waals surface area contributed by atoms with Crippen molar-refractivity contribution in [3.8, 4) is 0 Å². The number of halogens is 7. The Morgan fingerprint density at radius 1 is 0.919 bits per heavy atom. The van der Waals surface area contributed by atoms with Gasteiger partial charge in [-0.05, 0) is 41.3 Å². The first kappa shape index (κ1) is 28.1. The van der Waals surface area contributed by atoms with Crippen LogP contribution in [0.4, 0.5) is 46.0 Å². The molecule has 0 bridgehead atoms. The van der Waals surface area contributed by atoms with Crippen molar-refractivity contribution in [1.82, 2.24) is 10.2 Å². The lowest BCUT2D eigenvalue weighted by atomic mass is 9.79. The molecule has 1 heterocycles. The van der Waals surface area contributed by atoms with Crippen LogP contribution in [-0.2, 0) is 12.4 Å². The van der Waals surface area contributed by atoms with E-state index in [4.69, 9.17) is 0 Å². The largest absolute Gasteiger partial charge is 0.465 e. The van der Waals surface area contributed by atoms with Crippen LogP contribution < -0.4 is 10.6 Å². The molecule has 1 saturated heterocycles. The van der Waals surface area contributed by atoms with Gasteiger partial charge in [0.2, 0.25) is 0 Å². The number of rotatable bonds is 3. The number of nitrogens with one attached hydrogen (secondary N) is 2. The standard InChI is InChI=1S/C24H24F7N3O3/c1-22(2,3)19-18(17(11-34(19)21(36)37)12-4-6-15(25)7-5-12)33-20(35)32-16-9-13(23(26,27)28)8-14(10-16)24(29,30)31/h4-10,17-19H,11H2,1-3H3,(H,36,37)(H2,32,33,35)/t17-,18-,19?/m1/s1. The number of carbonyl (C=O) groups is 2. The molecule has 0 aliphatic carbocycles. The zero-order valence-corrected chi connectivity index (χ0v) is 19.8. The lowest BCUT2D eigenvalue weighted by molar-refractivity contribution is -0.143. The Hall–Kier alpha value is -3.51. The molecular formula is C24H24F7N3O3. The lowest BCUT2D eigenvalue weighted by Crippen LogP contribution is -2.54. The van der Waals surface area contributed by atoms with Gasteiger partial charge in [-0.3, -0.25) is 0 Å². The average Bonchev–Trinajstić information content (AvgIpc) is 3.12. The fourth-order valence-electron chi connectivity index (χ4n) is 4.60. The van der Waals surface area contributed by atoms with Gasteiger partial charge >= 0.3 is 24.5 Å². The molecule has 2 aromatic carbocycles. The number of urea groups is 1. The van der Waals surface area contributed by atoms with Gasteiger partial charge in [0.15, 0.2) is 0 Å². The molecule has 1 unspecified atom stereocenters. The van der Waals surface area contributed by atoms with Gasteiger partial charge in [-0.15, -0.1) is 0 Å². The quantitative estimate of drug-likeness (QED) is 0.390. The van der Waals surface area contributed by atoms with Gasteiger partial charge in [0.05, 0.1) is 23.2 Å². The van der Waals surface area contributed by atoms with Crippen molar-refractivity contribution in [3.63, 3.8) is 0 Å². The molecule has 1 fully saturated rings. The van der Waals surface area contributed by atoms with Gasteiger partial charge in [-0.1, -0.05) is 32.9 Å². The topological polar surface area (TPSA) is 81.7 Å². The molecule has 0 radical (unpaired) electrons. The summed E-state index contributed by atoms with van der Waals surface area (Å²) in [5, 5.41) is 14.3. The van der Waals surface area contributed by atoms with Crippen LogP contribution in [0.25, 0.3) is 0 Å². The number of likely N-dealkylation sites (tertiary alicyclic amines) is 1. The minimum Gasteiger partial charge on any atom is -0.465 e. The molecule has 0 aromatic heterocycles. The number of nitrogens with zero attached hydrogens (tertiary/aromatic N) is 1. The molecule has 0 saturated carbocycles. The summed E-state index contributed by atoms with van der Waals surface area (Å²) in [5.74, 6) is -1.23. The van der Waals surface area contributed by atoms with Crippen molar-refractivity contribution < 1.29 is 45.4 Å². The molecule has 1 aliphatic rings. The Labute approximate surface area is 207 Å².